The van der Waals surface area contributed by atoms with E-state index >= 15 is 0 Å². The van der Waals surface area contributed by atoms with E-state index in [1.54, 1.807) is 0 Å². The summed E-state index contributed by atoms with van der Waals surface area (Å²) in [7, 11) is 0. The van der Waals surface area contributed by atoms with E-state index in [4.69, 9.17) is 4.74 Å². The van der Waals surface area contributed by atoms with E-state index < -0.39 is 0 Å². The minimum absolute atomic E-state index is 0.497. The van der Waals surface area contributed by atoms with Gasteiger partial charge in [-0.15, -0.1) is 0 Å². The molecule has 1 aromatic rings. The highest BCUT2D eigenvalue weighted by atomic mass is 16.5. The maximum absolute atomic E-state index is 5.34. The Hall–Kier alpha value is -1.13. The average molecular weight is 289 g/mol. The van der Waals surface area contributed by atoms with Crippen molar-refractivity contribution in [3.8, 4) is 0 Å². The van der Waals surface area contributed by atoms with Gasteiger partial charge in [0.15, 0.2) is 0 Å². The van der Waals surface area contributed by atoms with Crippen LogP contribution in [-0.2, 0) is 4.74 Å². The molecular weight excluding hydrogens is 262 g/mol. The molecule has 3 heterocycles. The number of nitrogens with zero attached hydrogens (tertiary/aromatic N) is 3. The van der Waals surface area contributed by atoms with Crippen molar-refractivity contribution in [3.63, 3.8) is 0 Å². The van der Waals surface area contributed by atoms with Gasteiger partial charge < -0.3 is 9.64 Å². The number of hydrogen-bond donors (Lipinski definition) is 0. The molecule has 2 aliphatic heterocycles. The first-order valence-electron chi connectivity index (χ1n) is 8.23. The SMILES string of the molecule is CCC1CN(C2COC2)CCN1c1ccc(C(C)C)nc1. The summed E-state index contributed by atoms with van der Waals surface area (Å²) in [6.07, 6.45) is 3.23. The van der Waals surface area contributed by atoms with E-state index in [-0.39, 0.29) is 0 Å². The highest BCUT2D eigenvalue weighted by Gasteiger charge is 2.33. The van der Waals surface area contributed by atoms with Gasteiger partial charge in [-0.1, -0.05) is 20.8 Å². The fourth-order valence-corrected chi connectivity index (χ4v) is 3.24. The number of anilines is 1. The Balaban J connectivity index is 1.69. The lowest BCUT2D eigenvalue weighted by molar-refractivity contribution is -0.0698. The van der Waals surface area contributed by atoms with Crippen LogP contribution in [0.15, 0.2) is 18.3 Å². The van der Waals surface area contributed by atoms with E-state index in [1.807, 2.05) is 0 Å². The number of hydrogen-bond acceptors (Lipinski definition) is 4. The number of piperazine rings is 1. The normalized spacial score (nSPS) is 24.4. The molecule has 0 bridgehead atoms. The zero-order valence-electron chi connectivity index (χ0n) is 13.5. The molecule has 2 aliphatic rings. The minimum atomic E-state index is 0.497. The quantitative estimate of drug-likeness (QED) is 0.851. The third kappa shape index (κ3) is 3.06. The highest BCUT2D eigenvalue weighted by molar-refractivity contribution is 5.46. The molecule has 21 heavy (non-hydrogen) atoms. The summed E-state index contributed by atoms with van der Waals surface area (Å²) in [5.74, 6) is 0.497. The maximum atomic E-state index is 5.34. The van der Waals surface area contributed by atoms with Crippen LogP contribution in [0.3, 0.4) is 0 Å². The molecule has 0 aromatic carbocycles. The predicted octanol–water partition coefficient (Wildman–Crippen LogP) is 2.50. The third-order valence-electron chi connectivity index (χ3n) is 4.82. The average Bonchev–Trinajstić information content (AvgIpc) is 2.45. The van der Waals surface area contributed by atoms with Gasteiger partial charge in [0.2, 0.25) is 0 Å². The number of aromatic nitrogens is 1. The lowest BCUT2D eigenvalue weighted by Crippen LogP contribution is -2.60. The number of rotatable bonds is 4. The molecule has 116 valence electrons. The molecule has 1 unspecified atom stereocenters. The second kappa shape index (κ2) is 6.32. The zero-order chi connectivity index (χ0) is 14.8. The van der Waals surface area contributed by atoms with Crippen LogP contribution in [0, 0.1) is 0 Å². The standard InChI is InChI=1S/C17H27N3O/c1-4-14-10-19(16-11-21-12-16)7-8-20(14)15-5-6-17(13(2)3)18-9-15/h5-6,9,13-14,16H,4,7-8,10-12H2,1-3H3. The molecule has 4 nitrogen and oxygen atoms in total. The van der Waals surface area contributed by atoms with Crippen molar-refractivity contribution in [2.45, 2.75) is 45.2 Å². The van der Waals surface area contributed by atoms with Crippen LogP contribution in [0.1, 0.15) is 38.8 Å². The Bertz CT molecular complexity index is 456. The van der Waals surface area contributed by atoms with Gasteiger partial charge in [0.25, 0.3) is 0 Å². The Labute approximate surface area is 128 Å². The van der Waals surface area contributed by atoms with Crippen LogP contribution in [-0.4, -0.2) is 54.8 Å². The van der Waals surface area contributed by atoms with Crippen molar-refractivity contribution in [1.29, 1.82) is 0 Å². The first kappa shape index (κ1) is 14.8. The van der Waals surface area contributed by atoms with E-state index in [9.17, 15) is 0 Å². The van der Waals surface area contributed by atoms with E-state index in [0.29, 0.717) is 18.0 Å². The summed E-state index contributed by atoms with van der Waals surface area (Å²) < 4.78 is 5.34. The van der Waals surface area contributed by atoms with E-state index in [2.05, 4.69) is 53.9 Å². The summed E-state index contributed by atoms with van der Waals surface area (Å²) in [6, 6.07) is 5.67. The van der Waals surface area contributed by atoms with Gasteiger partial charge in [0.1, 0.15) is 0 Å². The second-order valence-electron chi connectivity index (χ2n) is 6.54. The summed E-state index contributed by atoms with van der Waals surface area (Å²) in [4.78, 5) is 9.76. The largest absolute Gasteiger partial charge is 0.378 e. The minimum Gasteiger partial charge on any atom is -0.378 e. The van der Waals surface area contributed by atoms with Crippen LogP contribution in [0.5, 0.6) is 0 Å². The molecule has 3 rings (SSSR count). The van der Waals surface area contributed by atoms with Gasteiger partial charge in [-0.05, 0) is 24.5 Å². The molecule has 0 N–H and O–H groups in total. The predicted molar refractivity (Wildman–Crippen MR) is 85.9 cm³/mol. The molecular formula is C17H27N3O. The molecule has 1 aromatic heterocycles. The molecule has 0 radical (unpaired) electrons. The molecule has 2 saturated heterocycles. The molecule has 0 aliphatic carbocycles. The zero-order valence-corrected chi connectivity index (χ0v) is 13.5. The van der Waals surface area contributed by atoms with Gasteiger partial charge in [-0.2, -0.15) is 0 Å². The van der Waals surface area contributed by atoms with Crippen LogP contribution in [0.2, 0.25) is 0 Å². The van der Waals surface area contributed by atoms with Crippen LogP contribution in [0.4, 0.5) is 5.69 Å². The Morgan fingerprint density at radius 3 is 2.62 bits per heavy atom. The fourth-order valence-electron chi connectivity index (χ4n) is 3.24. The van der Waals surface area contributed by atoms with Gasteiger partial charge in [-0.25, -0.2) is 0 Å². The molecule has 0 amide bonds. The van der Waals surface area contributed by atoms with Crippen LogP contribution in [0.25, 0.3) is 0 Å². The number of ether oxygens (including phenoxy) is 1. The van der Waals surface area contributed by atoms with Gasteiger partial charge in [0.05, 0.1) is 31.1 Å². The third-order valence-corrected chi connectivity index (χ3v) is 4.82. The molecule has 0 spiro atoms. The van der Waals surface area contributed by atoms with Crippen molar-refractivity contribution in [2.24, 2.45) is 0 Å². The van der Waals surface area contributed by atoms with Gasteiger partial charge in [-0.3, -0.25) is 9.88 Å². The fraction of sp³-hybridized carbons (Fsp3) is 0.706. The highest BCUT2D eigenvalue weighted by Crippen LogP contribution is 2.25. The smallest absolute Gasteiger partial charge is 0.0645 e. The summed E-state index contributed by atoms with van der Waals surface area (Å²) in [5.41, 5.74) is 2.45. The molecule has 2 fully saturated rings. The van der Waals surface area contributed by atoms with E-state index in [1.165, 1.54) is 17.8 Å². The lowest BCUT2D eigenvalue weighted by Gasteiger charge is -2.47. The Kier molecular flexibility index (Phi) is 4.45. The van der Waals surface area contributed by atoms with Crippen molar-refractivity contribution in [2.75, 3.05) is 37.7 Å². The first-order chi connectivity index (χ1) is 10.2. The molecule has 0 saturated carbocycles. The van der Waals surface area contributed by atoms with Crippen LogP contribution >= 0.6 is 0 Å². The summed E-state index contributed by atoms with van der Waals surface area (Å²) >= 11 is 0. The summed E-state index contributed by atoms with van der Waals surface area (Å²) in [5, 5.41) is 0. The molecule has 1 atom stereocenters. The maximum Gasteiger partial charge on any atom is 0.0645 e. The lowest BCUT2D eigenvalue weighted by atomic mass is 10.0. The van der Waals surface area contributed by atoms with Crippen molar-refractivity contribution >= 4 is 5.69 Å². The first-order valence-corrected chi connectivity index (χ1v) is 8.23. The Morgan fingerprint density at radius 2 is 2.10 bits per heavy atom. The summed E-state index contributed by atoms with van der Waals surface area (Å²) in [6.45, 7) is 11.9. The Morgan fingerprint density at radius 1 is 1.29 bits per heavy atom. The van der Waals surface area contributed by atoms with Crippen molar-refractivity contribution in [1.82, 2.24) is 9.88 Å². The van der Waals surface area contributed by atoms with Gasteiger partial charge in [0, 0.05) is 31.4 Å². The molecule has 4 heteroatoms. The monoisotopic (exact) mass is 289 g/mol. The van der Waals surface area contributed by atoms with Crippen LogP contribution < -0.4 is 4.90 Å². The second-order valence-corrected chi connectivity index (χ2v) is 6.54. The van der Waals surface area contributed by atoms with Crippen molar-refractivity contribution < 1.29 is 4.74 Å². The van der Waals surface area contributed by atoms with Gasteiger partial charge >= 0.3 is 0 Å². The topological polar surface area (TPSA) is 28.6 Å². The van der Waals surface area contributed by atoms with Crippen molar-refractivity contribution in [3.05, 3.63) is 24.0 Å². The number of pyridine rings is 1. The van der Waals surface area contributed by atoms with E-state index in [0.717, 1.165) is 32.8 Å².